The first-order chi connectivity index (χ1) is 7.47. The fourth-order valence-corrected chi connectivity index (χ4v) is 1.40. The zero-order valence-electron chi connectivity index (χ0n) is 8.04. The number of nitrogens with one attached hydrogen (secondary N) is 1. The van der Waals surface area contributed by atoms with Gasteiger partial charge in [0.1, 0.15) is 0 Å². The molecule has 2 rings (SSSR count). The van der Waals surface area contributed by atoms with Crippen LogP contribution in [0.25, 0.3) is 0 Å². The van der Waals surface area contributed by atoms with Crippen molar-refractivity contribution in [2.75, 3.05) is 12.6 Å². The van der Waals surface area contributed by atoms with E-state index in [4.69, 9.17) is 9.94 Å². The Morgan fingerprint density at radius 3 is 2.88 bits per heavy atom. The van der Waals surface area contributed by atoms with Crippen LogP contribution in [-0.2, 0) is 4.94 Å². The van der Waals surface area contributed by atoms with Crippen LogP contribution in [0.5, 0.6) is 5.75 Å². The third-order valence-corrected chi connectivity index (χ3v) is 2.10. The Morgan fingerprint density at radius 1 is 1.62 bits per heavy atom. The third-order valence-electron chi connectivity index (χ3n) is 2.10. The number of anilines is 1. The van der Waals surface area contributed by atoms with E-state index in [9.17, 15) is 15.3 Å². The Labute approximate surface area is 88.6 Å². The summed E-state index contributed by atoms with van der Waals surface area (Å²) in [6.45, 7) is 0. The average molecular weight is 229 g/mol. The predicted octanol–water partition coefficient (Wildman–Crippen LogP) is 1.07. The van der Waals surface area contributed by atoms with Crippen LogP contribution in [0, 0.1) is 15.3 Å². The molecule has 9 heteroatoms. The molecule has 1 aliphatic rings. The molecule has 1 atom stereocenters. The van der Waals surface area contributed by atoms with Crippen LogP contribution >= 0.6 is 0 Å². The maximum atomic E-state index is 11.2. The molecule has 0 saturated heterocycles. The molecular weight excluding hydrogens is 222 g/mol. The van der Waals surface area contributed by atoms with Crippen LogP contribution in [0.3, 0.4) is 0 Å². The predicted molar refractivity (Wildman–Crippen MR) is 51.3 cm³/mol. The lowest BCUT2D eigenvalue weighted by Gasteiger charge is -2.20. The van der Waals surface area contributed by atoms with E-state index in [0.29, 0.717) is 0 Å². The van der Waals surface area contributed by atoms with Crippen molar-refractivity contribution in [3.8, 4) is 5.75 Å². The van der Waals surface area contributed by atoms with Gasteiger partial charge in [0.15, 0.2) is 5.75 Å². The zero-order chi connectivity index (χ0) is 11.9. The van der Waals surface area contributed by atoms with E-state index in [0.717, 1.165) is 0 Å². The number of nitro benzene ring substituents is 1. The van der Waals surface area contributed by atoms with Gasteiger partial charge in [-0.05, 0) is 16.0 Å². The summed E-state index contributed by atoms with van der Waals surface area (Å²) in [6.07, 6.45) is 0. The number of nitro groups is 1. The molecule has 1 aromatic carbocycles. The molecule has 1 aromatic rings. The topological polar surface area (TPSA) is 117 Å². The fourth-order valence-electron chi connectivity index (χ4n) is 1.40. The summed E-state index contributed by atoms with van der Waals surface area (Å²) in [6, 6.07) is 2.38. The van der Waals surface area contributed by atoms with E-state index in [1.165, 1.54) is 19.2 Å². The lowest BCUT2D eigenvalue weighted by molar-refractivity contribution is -0.384. The van der Waals surface area contributed by atoms with Crippen LogP contribution in [0.4, 0.5) is 17.1 Å². The van der Waals surface area contributed by atoms with Crippen LogP contribution in [0.1, 0.15) is 0 Å². The van der Waals surface area contributed by atoms with Gasteiger partial charge in [0.05, 0.1) is 12.0 Å². The van der Waals surface area contributed by atoms with E-state index in [-0.39, 0.29) is 17.1 Å². The Kier molecular flexibility index (Phi) is 2.17. The minimum Gasteiger partial charge on any atom is -0.557 e. The number of fused-ring (bicyclic) bond motifs is 1. The van der Waals surface area contributed by atoms with Crippen molar-refractivity contribution < 1.29 is 19.8 Å². The van der Waals surface area contributed by atoms with E-state index in [1.807, 2.05) is 5.48 Å². The summed E-state index contributed by atoms with van der Waals surface area (Å²) in [7, 11) is 1.25. The van der Waals surface area contributed by atoms with Crippen molar-refractivity contribution >= 4 is 17.1 Å². The maximum absolute atomic E-state index is 11.2. The molecule has 0 aromatic heterocycles. The SMILES string of the molecule is COc1ccc2c(c1[N+](=O)[O-])NO[N+]2([O-])O. The van der Waals surface area contributed by atoms with Crippen molar-refractivity contribution in [2.24, 2.45) is 0 Å². The molecule has 0 fully saturated rings. The molecule has 0 amide bonds. The van der Waals surface area contributed by atoms with Gasteiger partial charge >= 0.3 is 5.69 Å². The number of ether oxygens (including phenoxy) is 1. The molecule has 0 radical (unpaired) electrons. The minimum absolute atomic E-state index is 0.0400. The molecule has 0 bridgehead atoms. The Balaban J connectivity index is 2.67. The summed E-state index contributed by atoms with van der Waals surface area (Å²) in [5.41, 5.74) is 1.00. The smallest absolute Gasteiger partial charge is 0.342 e. The molecule has 1 aliphatic heterocycles. The second-order valence-electron chi connectivity index (χ2n) is 2.98. The quantitative estimate of drug-likeness (QED) is 0.337. The van der Waals surface area contributed by atoms with Gasteiger partial charge in [-0.25, -0.2) is 0 Å². The molecule has 1 unspecified atom stereocenters. The summed E-state index contributed by atoms with van der Waals surface area (Å²) in [5.74, 6) is -0.0400. The highest BCUT2D eigenvalue weighted by molar-refractivity contribution is 5.82. The molecule has 9 nitrogen and oxygen atoms in total. The first-order valence-electron chi connectivity index (χ1n) is 4.10. The van der Waals surface area contributed by atoms with Crippen molar-refractivity contribution in [3.05, 3.63) is 27.5 Å². The molecular formula is C7H7N3O6. The lowest BCUT2D eigenvalue weighted by Crippen LogP contribution is -2.35. The summed E-state index contributed by atoms with van der Waals surface area (Å²) < 4.78 is 4.77. The van der Waals surface area contributed by atoms with Crippen molar-refractivity contribution in [1.82, 2.24) is 4.97 Å². The number of quaternary nitrogens is 1. The summed E-state index contributed by atoms with van der Waals surface area (Å²) >= 11 is 0. The monoisotopic (exact) mass is 229 g/mol. The van der Waals surface area contributed by atoms with Gasteiger partial charge in [0.25, 0.3) is 0 Å². The first-order valence-corrected chi connectivity index (χ1v) is 4.10. The lowest BCUT2D eigenvalue weighted by atomic mass is 10.2. The molecule has 0 aliphatic carbocycles. The van der Waals surface area contributed by atoms with Gasteiger partial charge in [-0.1, -0.05) is 0 Å². The average Bonchev–Trinajstić information content (AvgIpc) is 2.53. The van der Waals surface area contributed by atoms with Crippen LogP contribution in [-0.4, -0.2) is 17.2 Å². The molecule has 0 spiro atoms. The number of nitrogens with zero attached hydrogens (tertiary/aromatic N) is 2. The maximum Gasteiger partial charge on any atom is 0.342 e. The highest BCUT2D eigenvalue weighted by Gasteiger charge is 2.41. The van der Waals surface area contributed by atoms with E-state index >= 15 is 0 Å². The van der Waals surface area contributed by atoms with Crippen LogP contribution < -0.4 is 15.2 Å². The highest BCUT2D eigenvalue weighted by Crippen LogP contribution is 2.46. The van der Waals surface area contributed by atoms with Crippen LogP contribution in [0.15, 0.2) is 12.1 Å². The first kappa shape index (κ1) is 10.6. The summed E-state index contributed by atoms with van der Waals surface area (Å²) in [4.78, 5) is 12.1. The van der Waals surface area contributed by atoms with Gasteiger partial charge in [-0.3, -0.25) is 10.1 Å². The van der Waals surface area contributed by atoms with Crippen molar-refractivity contribution in [3.63, 3.8) is 0 Å². The Bertz CT molecular complexity index is 460. The van der Waals surface area contributed by atoms with Gasteiger partial charge in [0, 0.05) is 6.07 Å². The number of hydrogen-bond acceptors (Lipinski definition) is 7. The molecule has 1 heterocycles. The minimum atomic E-state index is -2.17. The second-order valence-corrected chi connectivity index (χ2v) is 2.98. The van der Waals surface area contributed by atoms with Gasteiger partial charge in [-0.15, -0.1) is 0 Å². The zero-order valence-corrected chi connectivity index (χ0v) is 8.04. The normalized spacial score (nSPS) is 22.4. The molecule has 0 saturated carbocycles. The second kappa shape index (κ2) is 3.28. The van der Waals surface area contributed by atoms with Crippen LogP contribution in [0.2, 0.25) is 0 Å². The highest BCUT2D eigenvalue weighted by atomic mass is 17.2. The van der Waals surface area contributed by atoms with E-state index in [1.54, 1.807) is 0 Å². The fraction of sp³-hybridized carbons (Fsp3) is 0.143. The third kappa shape index (κ3) is 1.35. The van der Waals surface area contributed by atoms with Crippen molar-refractivity contribution in [1.29, 1.82) is 0 Å². The van der Waals surface area contributed by atoms with E-state index < -0.39 is 15.6 Å². The standard InChI is InChI=1S/C7H7N3O6/c1-15-5-3-2-4-6(7(5)9(11)12)8-16-10(4,13)14/h2-3,8,13H,1H3. The molecule has 2 N–H and O–H groups in total. The number of methoxy groups -OCH3 is 1. The van der Waals surface area contributed by atoms with Gasteiger partial charge in [-0.2, -0.15) is 10.7 Å². The van der Waals surface area contributed by atoms with Crippen molar-refractivity contribution in [2.45, 2.75) is 0 Å². The number of benzene rings is 1. The molecule has 86 valence electrons. The Hall–Kier alpha value is -1.94. The summed E-state index contributed by atoms with van der Waals surface area (Å²) in [5, 5.41) is 31.2. The largest absolute Gasteiger partial charge is 0.557 e. The molecule has 16 heavy (non-hydrogen) atoms. The Morgan fingerprint density at radius 2 is 2.31 bits per heavy atom. The number of hydrogen-bond donors (Lipinski definition) is 2. The number of rotatable bonds is 2. The van der Waals surface area contributed by atoms with Gasteiger partial charge in [0.2, 0.25) is 11.4 Å². The van der Waals surface area contributed by atoms with Gasteiger partial charge < -0.3 is 9.94 Å². The van der Waals surface area contributed by atoms with E-state index in [2.05, 4.69) is 4.94 Å².